The second-order valence-corrected chi connectivity index (χ2v) is 6.07. The lowest BCUT2D eigenvalue weighted by Crippen LogP contribution is -2.31. The summed E-state index contributed by atoms with van der Waals surface area (Å²) in [5.41, 5.74) is 1.17. The van der Waals surface area contributed by atoms with Crippen molar-refractivity contribution >= 4 is 29.2 Å². The molecule has 0 bridgehead atoms. The van der Waals surface area contributed by atoms with E-state index in [1.807, 2.05) is 0 Å². The number of hydrogen-bond acceptors (Lipinski definition) is 5. The van der Waals surface area contributed by atoms with Crippen LogP contribution in [0.5, 0.6) is 11.5 Å². The Bertz CT molecular complexity index is 826. The Morgan fingerprint density at radius 1 is 1.22 bits per heavy atom. The molecule has 6 nitrogen and oxygen atoms in total. The summed E-state index contributed by atoms with van der Waals surface area (Å²) in [5.74, 6) is -0.988. The Balaban J connectivity index is 1.90. The van der Waals surface area contributed by atoms with Gasteiger partial charge in [-0.2, -0.15) is 0 Å². The first-order valence-corrected chi connectivity index (χ1v) is 8.40. The number of rotatable bonds is 7. The summed E-state index contributed by atoms with van der Waals surface area (Å²) in [5, 5.41) is 3.13. The van der Waals surface area contributed by atoms with Crippen molar-refractivity contribution in [3.8, 4) is 11.5 Å². The summed E-state index contributed by atoms with van der Waals surface area (Å²) in [6.07, 6.45) is -1.06. The fraction of sp³-hybridized carbons (Fsp3) is 0.263. The lowest BCUT2D eigenvalue weighted by Gasteiger charge is -2.16. The highest BCUT2D eigenvalue weighted by Gasteiger charge is 2.20. The van der Waals surface area contributed by atoms with Gasteiger partial charge in [-0.15, -0.1) is 0 Å². The molecule has 2 rings (SSSR count). The molecule has 0 fully saturated rings. The van der Waals surface area contributed by atoms with Crippen LogP contribution >= 0.6 is 11.6 Å². The normalized spacial score (nSPS) is 11.4. The standard InChI is InChI=1S/C19H19ClFNO5/c1-11-8-16(17(25-3)9-15(11)20)22-19(24)12(2)27-18(23)10-26-14-6-4-13(21)5-7-14/h4-9,12H,10H2,1-3H3,(H,22,24)/t12-/m1/s1. The first-order valence-electron chi connectivity index (χ1n) is 8.03. The van der Waals surface area contributed by atoms with E-state index in [2.05, 4.69) is 5.32 Å². The number of esters is 1. The van der Waals surface area contributed by atoms with Crippen LogP contribution in [-0.4, -0.2) is 31.7 Å². The number of carbonyl (C=O) groups is 2. The minimum Gasteiger partial charge on any atom is -0.495 e. The lowest BCUT2D eigenvalue weighted by molar-refractivity contribution is -0.155. The minimum absolute atomic E-state index is 0.312. The van der Waals surface area contributed by atoms with Crippen LogP contribution in [0.2, 0.25) is 5.02 Å². The number of halogens is 2. The second-order valence-electron chi connectivity index (χ2n) is 5.67. The molecule has 0 aliphatic carbocycles. The van der Waals surface area contributed by atoms with E-state index in [-0.39, 0.29) is 0 Å². The predicted octanol–water partition coefficient (Wildman–Crippen LogP) is 3.75. The second kappa shape index (κ2) is 9.23. The van der Waals surface area contributed by atoms with E-state index in [1.165, 1.54) is 38.3 Å². The number of nitrogens with one attached hydrogen (secondary N) is 1. The molecular formula is C19H19ClFNO5. The van der Waals surface area contributed by atoms with Gasteiger partial charge in [0.05, 0.1) is 12.8 Å². The number of anilines is 1. The van der Waals surface area contributed by atoms with Gasteiger partial charge in [-0.3, -0.25) is 4.79 Å². The zero-order valence-electron chi connectivity index (χ0n) is 15.0. The molecule has 1 N–H and O–H groups in total. The Morgan fingerprint density at radius 2 is 1.89 bits per heavy atom. The van der Waals surface area contributed by atoms with Gasteiger partial charge in [-0.1, -0.05) is 11.6 Å². The first-order chi connectivity index (χ1) is 12.8. The first kappa shape index (κ1) is 20.5. The molecule has 1 amide bonds. The topological polar surface area (TPSA) is 73.9 Å². The van der Waals surface area contributed by atoms with Crippen molar-refractivity contribution in [3.05, 3.63) is 52.8 Å². The van der Waals surface area contributed by atoms with Crippen LogP contribution in [-0.2, 0) is 14.3 Å². The molecule has 0 aliphatic heterocycles. The van der Waals surface area contributed by atoms with Crippen LogP contribution in [0.15, 0.2) is 36.4 Å². The third kappa shape index (κ3) is 5.86. The molecule has 2 aromatic rings. The van der Waals surface area contributed by atoms with E-state index in [1.54, 1.807) is 19.1 Å². The van der Waals surface area contributed by atoms with Crippen LogP contribution in [0.4, 0.5) is 10.1 Å². The Hall–Kier alpha value is -2.80. The van der Waals surface area contributed by atoms with Gasteiger partial charge in [-0.25, -0.2) is 9.18 Å². The monoisotopic (exact) mass is 395 g/mol. The van der Waals surface area contributed by atoms with E-state index in [4.69, 9.17) is 25.8 Å². The maximum atomic E-state index is 12.8. The summed E-state index contributed by atoms with van der Waals surface area (Å²) in [4.78, 5) is 24.1. The lowest BCUT2D eigenvalue weighted by atomic mass is 10.2. The van der Waals surface area contributed by atoms with Gasteiger partial charge in [0.25, 0.3) is 5.91 Å². The molecule has 0 saturated heterocycles. The van der Waals surface area contributed by atoms with Gasteiger partial charge >= 0.3 is 5.97 Å². The molecule has 0 radical (unpaired) electrons. The van der Waals surface area contributed by atoms with Gasteiger partial charge in [0, 0.05) is 11.1 Å². The molecule has 0 unspecified atom stereocenters. The molecule has 1 atom stereocenters. The molecule has 0 aliphatic rings. The van der Waals surface area contributed by atoms with Crippen molar-refractivity contribution in [1.29, 1.82) is 0 Å². The molecule has 2 aromatic carbocycles. The van der Waals surface area contributed by atoms with E-state index >= 15 is 0 Å². The maximum Gasteiger partial charge on any atom is 0.344 e. The van der Waals surface area contributed by atoms with Crippen molar-refractivity contribution in [1.82, 2.24) is 0 Å². The highest BCUT2D eigenvalue weighted by molar-refractivity contribution is 6.31. The van der Waals surface area contributed by atoms with Gasteiger partial charge < -0.3 is 19.5 Å². The molecule has 0 heterocycles. The van der Waals surface area contributed by atoms with Crippen molar-refractivity contribution in [2.75, 3.05) is 19.0 Å². The van der Waals surface area contributed by atoms with Crippen LogP contribution in [0.1, 0.15) is 12.5 Å². The fourth-order valence-corrected chi connectivity index (χ4v) is 2.28. The number of aryl methyl sites for hydroxylation is 1. The Kier molecular flexibility index (Phi) is 7.01. The third-order valence-corrected chi connectivity index (χ3v) is 3.99. The predicted molar refractivity (Wildman–Crippen MR) is 98.8 cm³/mol. The van der Waals surface area contributed by atoms with Crippen molar-refractivity contribution in [2.24, 2.45) is 0 Å². The smallest absolute Gasteiger partial charge is 0.344 e. The Labute approximate surface area is 161 Å². The zero-order valence-corrected chi connectivity index (χ0v) is 15.8. The van der Waals surface area contributed by atoms with Crippen molar-refractivity contribution in [2.45, 2.75) is 20.0 Å². The third-order valence-electron chi connectivity index (χ3n) is 3.59. The SMILES string of the molecule is COc1cc(Cl)c(C)cc1NC(=O)[C@@H](C)OC(=O)COc1ccc(F)cc1. The molecule has 0 spiro atoms. The highest BCUT2D eigenvalue weighted by Crippen LogP contribution is 2.31. The van der Waals surface area contributed by atoms with Crippen LogP contribution in [0.25, 0.3) is 0 Å². The van der Waals surface area contributed by atoms with E-state index in [0.717, 1.165) is 5.56 Å². The molecule has 27 heavy (non-hydrogen) atoms. The maximum absolute atomic E-state index is 12.8. The number of carbonyl (C=O) groups excluding carboxylic acids is 2. The van der Waals surface area contributed by atoms with Crippen LogP contribution in [0.3, 0.4) is 0 Å². The molecule has 0 saturated carbocycles. The van der Waals surface area contributed by atoms with Crippen LogP contribution < -0.4 is 14.8 Å². The average Bonchev–Trinajstić information content (AvgIpc) is 2.63. The summed E-state index contributed by atoms with van der Waals surface area (Å²) >= 11 is 6.03. The quantitative estimate of drug-likeness (QED) is 0.723. The minimum atomic E-state index is -1.06. The van der Waals surface area contributed by atoms with Crippen molar-refractivity contribution < 1.29 is 28.2 Å². The van der Waals surface area contributed by atoms with E-state index in [0.29, 0.717) is 22.2 Å². The highest BCUT2D eigenvalue weighted by atomic mass is 35.5. The number of ether oxygens (including phenoxy) is 3. The Morgan fingerprint density at radius 3 is 2.52 bits per heavy atom. The van der Waals surface area contributed by atoms with Crippen LogP contribution in [0, 0.1) is 12.7 Å². The average molecular weight is 396 g/mol. The number of benzene rings is 2. The largest absolute Gasteiger partial charge is 0.495 e. The number of methoxy groups -OCH3 is 1. The fourth-order valence-electron chi connectivity index (χ4n) is 2.12. The molecule has 144 valence electrons. The summed E-state index contributed by atoms with van der Waals surface area (Å²) in [7, 11) is 1.45. The van der Waals surface area contributed by atoms with Gasteiger partial charge in [-0.05, 0) is 49.7 Å². The van der Waals surface area contributed by atoms with Gasteiger partial charge in [0.2, 0.25) is 0 Å². The number of hydrogen-bond donors (Lipinski definition) is 1. The zero-order chi connectivity index (χ0) is 20.0. The molecule has 0 aromatic heterocycles. The summed E-state index contributed by atoms with van der Waals surface area (Å²) in [6.45, 7) is 2.81. The summed E-state index contributed by atoms with van der Waals surface area (Å²) < 4.78 is 28.2. The molecule has 8 heteroatoms. The van der Waals surface area contributed by atoms with E-state index < -0.39 is 30.4 Å². The van der Waals surface area contributed by atoms with E-state index in [9.17, 15) is 14.0 Å². The molecular weight excluding hydrogens is 377 g/mol. The van der Waals surface area contributed by atoms with Crippen molar-refractivity contribution in [3.63, 3.8) is 0 Å². The number of amides is 1. The van der Waals surface area contributed by atoms with Gasteiger partial charge in [0.15, 0.2) is 12.7 Å². The van der Waals surface area contributed by atoms with Gasteiger partial charge in [0.1, 0.15) is 17.3 Å². The summed E-state index contributed by atoms with van der Waals surface area (Å²) in [6, 6.07) is 8.42.